The SMILES string of the molecule is CC(=O)Nc1nc([C@@H]2CCCN(c3cc(C)ncn3)C2)cs1. The molecule has 1 N–H and O–H groups in total. The highest BCUT2D eigenvalue weighted by molar-refractivity contribution is 7.13. The molecule has 0 aliphatic carbocycles. The van der Waals surface area contributed by atoms with Crippen LogP contribution in [0.4, 0.5) is 10.9 Å². The summed E-state index contributed by atoms with van der Waals surface area (Å²) in [7, 11) is 0. The summed E-state index contributed by atoms with van der Waals surface area (Å²) in [6, 6.07) is 2.02. The van der Waals surface area contributed by atoms with Gasteiger partial charge < -0.3 is 10.2 Å². The van der Waals surface area contributed by atoms with Crippen LogP contribution < -0.4 is 10.2 Å². The number of aromatic nitrogens is 3. The van der Waals surface area contributed by atoms with Crippen LogP contribution in [0.1, 0.15) is 37.1 Å². The largest absolute Gasteiger partial charge is 0.356 e. The molecule has 1 amide bonds. The predicted molar refractivity (Wildman–Crippen MR) is 87.4 cm³/mol. The molecule has 0 radical (unpaired) electrons. The van der Waals surface area contributed by atoms with Crippen LogP contribution in [0.3, 0.4) is 0 Å². The van der Waals surface area contributed by atoms with Gasteiger partial charge in [-0.15, -0.1) is 11.3 Å². The number of thiazole rings is 1. The first-order valence-corrected chi connectivity index (χ1v) is 8.26. The highest BCUT2D eigenvalue weighted by Crippen LogP contribution is 2.31. The molecular formula is C15H19N5OS. The Morgan fingerprint density at radius 3 is 3.09 bits per heavy atom. The molecule has 7 heteroatoms. The summed E-state index contributed by atoms with van der Waals surface area (Å²) >= 11 is 1.48. The number of carbonyl (C=O) groups excluding carboxylic acids is 1. The molecule has 0 spiro atoms. The Bertz CT molecular complexity index is 671. The van der Waals surface area contributed by atoms with Crippen molar-refractivity contribution in [2.45, 2.75) is 32.6 Å². The van der Waals surface area contributed by atoms with Gasteiger partial charge in [0.1, 0.15) is 12.1 Å². The van der Waals surface area contributed by atoms with Crippen molar-refractivity contribution < 1.29 is 4.79 Å². The van der Waals surface area contributed by atoms with Crippen molar-refractivity contribution in [1.29, 1.82) is 0 Å². The number of hydrogen-bond acceptors (Lipinski definition) is 6. The molecule has 1 aliphatic rings. The van der Waals surface area contributed by atoms with Crippen molar-refractivity contribution in [2.24, 2.45) is 0 Å². The average Bonchev–Trinajstić information content (AvgIpc) is 2.95. The van der Waals surface area contributed by atoms with Gasteiger partial charge in [-0.2, -0.15) is 0 Å². The summed E-state index contributed by atoms with van der Waals surface area (Å²) < 4.78 is 0. The smallest absolute Gasteiger partial charge is 0.223 e. The van der Waals surface area contributed by atoms with E-state index in [0.29, 0.717) is 11.0 Å². The van der Waals surface area contributed by atoms with Crippen LogP contribution in [0, 0.1) is 6.92 Å². The highest BCUT2D eigenvalue weighted by atomic mass is 32.1. The van der Waals surface area contributed by atoms with Crippen molar-refractivity contribution in [3.05, 3.63) is 29.2 Å². The molecule has 1 saturated heterocycles. The molecule has 0 aromatic carbocycles. The van der Waals surface area contributed by atoms with Crippen LogP contribution in [-0.2, 0) is 4.79 Å². The third-order valence-electron chi connectivity index (χ3n) is 3.76. The van der Waals surface area contributed by atoms with Crippen LogP contribution in [0.15, 0.2) is 17.8 Å². The summed E-state index contributed by atoms with van der Waals surface area (Å²) in [5.41, 5.74) is 2.04. The number of piperidine rings is 1. The van der Waals surface area contributed by atoms with E-state index in [2.05, 4.69) is 25.2 Å². The van der Waals surface area contributed by atoms with E-state index < -0.39 is 0 Å². The fraction of sp³-hybridized carbons (Fsp3) is 0.467. The van der Waals surface area contributed by atoms with Gasteiger partial charge >= 0.3 is 0 Å². The predicted octanol–water partition coefficient (Wildman–Crippen LogP) is 2.58. The molecule has 1 atom stereocenters. The summed E-state index contributed by atoms with van der Waals surface area (Å²) in [4.78, 5) is 26.5. The van der Waals surface area contributed by atoms with E-state index in [9.17, 15) is 4.79 Å². The summed E-state index contributed by atoms with van der Waals surface area (Å²) in [5, 5.41) is 5.47. The maximum atomic E-state index is 11.1. The number of nitrogens with zero attached hydrogens (tertiary/aromatic N) is 4. The highest BCUT2D eigenvalue weighted by Gasteiger charge is 2.24. The maximum Gasteiger partial charge on any atom is 0.223 e. The van der Waals surface area contributed by atoms with Gasteiger partial charge in [-0.05, 0) is 19.8 Å². The average molecular weight is 317 g/mol. The van der Waals surface area contributed by atoms with Gasteiger partial charge in [0.2, 0.25) is 5.91 Å². The molecule has 22 heavy (non-hydrogen) atoms. The van der Waals surface area contributed by atoms with E-state index >= 15 is 0 Å². The van der Waals surface area contributed by atoms with Gasteiger partial charge in [0.05, 0.1) is 5.69 Å². The zero-order chi connectivity index (χ0) is 15.5. The van der Waals surface area contributed by atoms with Gasteiger partial charge in [0.25, 0.3) is 0 Å². The second kappa shape index (κ2) is 6.39. The van der Waals surface area contributed by atoms with E-state index in [4.69, 9.17) is 0 Å². The van der Waals surface area contributed by atoms with Gasteiger partial charge in [0, 0.05) is 43.1 Å². The normalized spacial score (nSPS) is 18.3. The molecule has 3 rings (SSSR count). The minimum Gasteiger partial charge on any atom is -0.356 e. The Kier molecular flexibility index (Phi) is 4.33. The zero-order valence-electron chi connectivity index (χ0n) is 12.7. The number of anilines is 2. The van der Waals surface area contributed by atoms with Crippen LogP contribution in [0.5, 0.6) is 0 Å². The van der Waals surface area contributed by atoms with E-state index in [-0.39, 0.29) is 5.91 Å². The molecule has 0 bridgehead atoms. The zero-order valence-corrected chi connectivity index (χ0v) is 13.6. The number of rotatable bonds is 3. The van der Waals surface area contributed by atoms with Crippen molar-refractivity contribution in [2.75, 3.05) is 23.3 Å². The quantitative estimate of drug-likeness (QED) is 0.942. The summed E-state index contributed by atoms with van der Waals surface area (Å²) in [5.74, 6) is 1.28. The number of hydrogen-bond donors (Lipinski definition) is 1. The Morgan fingerprint density at radius 1 is 1.45 bits per heavy atom. The van der Waals surface area contributed by atoms with Crippen LogP contribution >= 0.6 is 11.3 Å². The van der Waals surface area contributed by atoms with Crippen LogP contribution in [0.2, 0.25) is 0 Å². The Labute approximate surface area is 133 Å². The standard InChI is InChI=1S/C15H19N5OS/c1-10-6-14(17-9-16-10)20-5-3-4-12(7-20)13-8-22-15(19-13)18-11(2)21/h6,8-9,12H,3-5,7H2,1-2H3,(H,18,19,21)/t12-/m1/s1. The van der Waals surface area contributed by atoms with Crippen molar-refractivity contribution in [3.63, 3.8) is 0 Å². The molecule has 0 unspecified atom stereocenters. The Hall–Kier alpha value is -2.02. The second-order valence-electron chi connectivity index (χ2n) is 5.56. The lowest BCUT2D eigenvalue weighted by Gasteiger charge is -2.32. The van der Waals surface area contributed by atoms with Crippen LogP contribution in [-0.4, -0.2) is 33.9 Å². The molecule has 116 valence electrons. The van der Waals surface area contributed by atoms with Gasteiger partial charge in [-0.25, -0.2) is 15.0 Å². The summed E-state index contributed by atoms with van der Waals surface area (Å²) in [6.07, 6.45) is 3.84. The Morgan fingerprint density at radius 2 is 2.32 bits per heavy atom. The molecule has 1 aliphatic heterocycles. The molecule has 3 heterocycles. The number of aryl methyl sites for hydroxylation is 1. The van der Waals surface area contributed by atoms with Gasteiger partial charge in [-0.1, -0.05) is 0 Å². The molecular weight excluding hydrogens is 298 g/mol. The van der Waals surface area contributed by atoms with Crippen LogP contribution in [0.25, 0.3) is 0 Å². The van der Waals surface area contributed by atoms with Gasteiger partial charge in [0.15, 0.2) is 5.13 Å². The molecule has 0 saturated carbocycles. The van der Waals surface area contributed by atoms with E-state index in [1.807, 2.05) is 18.4 Å². The summed E-state index contributed by atoms with van der Waals surface area (Å²) in [6.45, 7) is 5.39. The lowest BCUT2D eigenvalue weighted by atomic mass is 9.95. The molecule has 2 aromatic heterocycles. The topological polar surface area (TPSA) is 71.0 Å². The first-order chi connectivity index (χ1) is 10.6. The monoisotopic (exact) mass is 317 g/mol. The lowest BCUT2D eigenvalue weighted by molar-refractivity contribution is -0.114. The van der Waals surface area contributed by atoms with Crippen molar-refractivity contribution >= 4 is 28.2 Å². The Balaban J connectivity index is 1.72. The third kappa shape index (κ3) is 3.41. The fourth-order valence-electron chi connectivity index (χ4n) is 2.72. The number of nitrogens with one attached hydrogen (secondary N) is 1. The third-order valence-corrected chi connectivity index (χ3v) is 4.53. The fourth-order valence-corrected chi connectivity index (χ4v) is 3.56. The van der Waals surface area contributed by atoms with Crippen molar-refractivity contribution in [1.82, 2.24) is 15.0 Å². The first kappa shape index (κ1) is 14.9. The molecule has 1 fully saturated rings. The van der Waals surface area contributed by atoms with Gasteiger partial charge in [-0.3, -0.25) is 4.79 Å². The first-order valence-electron chi connectivity index (χ1n) is 7.38. The maximum absolute atomic E-state index is 11.1. The minimum atomic E-state index is -0.0809. The van der Waals surface area contributed by atoms with E-state index in [0.717, 1.165) is 43.1 Å². The van der Waals surface area contributed by atoms with E-state index in [1.54, 1.807) is 6.33 Å². The number of amides is 1. The minimum absolute atomic E-state index is 0.0809. The lowest BCUT2D eigenvalue weighted by Crippen LogP contribution is -2.35. The number of carbonyl (C=O) groups is 1. The van der Waals surface area contributed by atoms with E-state index in [1.165, 1.54) is 18.3 Å². The second-order valence-corrected chi connectivity index (χ2v) is 6.42. The molecule has 2 aromatic rings. The molecule has 6 nitrogen and oxygen atoms in total. The van der Waals surface area contributed by atoms with Crippen molar-refractivity contribution in [3.8, 4) is 0 Å².